The topological polar surface area (TPSA) is 29.9 Å². The zero-order valence-electron chi connectivity index (χ0n) is 7.63. The highest BCUT2D eigenvalue weighted by molar-refractivity contribution is 5.76. The summed E-state index contributed by atoms with van der Waals surface area (Å²) in [5.74, 6) is 0.695. The van der Waals surface area contributed by atoms with Gasteiger partial charge in [-0.15, -0.1) is 0 Å². The Bertz CT molecular complexity index is 489. The van der Waals surface area contributed by atoms with Gasteiger partial charge >= 0.3 is 0 Å². The van der Waals surface area contributed by atoms with Gasteiger partial charge in [-0.2, -0.15) is 0 Å². The van der Waals surface area contributed by atoms with Crippen molar-refractivity contribution >= 4 is 11.0 Å². The van der Waals surface area contributed by atoms with E-state index in [9.17, 15) is 4.39 Å². The molecule has 72 valence electrons. The Morgan fingerprint density at radius 2 is 2.36 bits per heavy atom. The molecule has 2 aromatic rings. The summed E-state index contributed by atoms with van der Waals surface area (Å²) >= 11 is 0. The van der Waals surface area contributed by atoms with Gasteiger partial charge in [-0.3, -0.25) is 0 Å². The van der Waals surface area contributed by atoms with Crippen LogP contribution in [0.1, 0.15) is 5.82 Å². The largest absolute Gasteiger partial charge is 0.326 e. The standard InChI is InChI=1S/C10H10FN3/c11-7-2-1-3-8-10(7)13-9-6-12-4-5-14(8)9/h1-3,12H,4-6H2. The molecule has 0 saturated heterocycles. The Morgan fingerprint density at radius 1 is 1.43 bits per heavy atom. The molecular formula is C10H10FN3. The van der Waals surface area contributed by atoms with Crippen LogP contribution in [-0.2, 0) is 13.1 Å². The number of nitrogens with zero attached hydrogens (tertiary/aromatic N) is 2. The minimum Gasteiger partial charge on any atom is -0.326 e. The molecule has 14 heavy (non-hydrogen) atoms. The molecule has 0 radical (unpaired) electrons. The van der Waals surface area contributed by atoms with Crippen LogP contribution >= 0.6 is 0 Å². The highest BCUT2D eigenvalue weighted by atomic mass is 19.1. The number of fused-ring (bicyclic) bond motifs is 3. The summed E-state index contributed by atoms with van der Waals surface area (Å²) in [5.41, 5.74) is 1.40. The Hall–Kier alpha value is -1.42. The number of hydrogen-bond donors (Lipinski definition) is 1. The summed E-state index contributed by atoms with van der Waals surface area (Å²) in [4.78, 5) is 4.28. The van der Waals surface area contributed by atoms with E-state index in [-0.39, 0.29) is 5.82 Å². The van der Waals surface area contributed by atoms with Crippen molar-refractivity contribution in [2.45, 2.75) is 13.1 Å². The Kier molecular flexibility index (Phi) is 1.58. The minimum absolute atomic E-state index is 0.232. The summed E-state index contributed by atoms with van der Waals surface area (Å²) < 4.78 is 15.5. The number of aromatic nitrogens is 2. The summed E-state index contributed by atoms with van der Waals surface area (Å²) in [6, 6.07) is 5.10. The molecule has 1 aromatic carbocycles. The van der Waals surface area contributed by atoms with Crippen molar-refractivity contribution < 1.29 is 4.39 Å². The molecule has 0 saturated carbocycles. The van der Waals surface area contributed by atoms with Gasteiger partial charge in [0.05, 0.1) is 12.1 Å². The van der Waals surface area contributed by atoms with Gasteiger partial charge in [0.1, 0.15) is 11.3 Å². The third-order valence-electron chi connectivity index (χ3n) is 2.60. The van der Waals surface area contributed by atoms with E-state index >= 15 is 0 Å². The lowest BCUT2D eigenvalue weighted by atomic mass is 10.3. The van der Waals surface area contributed by atoms with Crippen molar-refractivity contribution in [1.82, 2.24) is 14.9 Å². The van der Waals surface area contributed by atoms with Crippen LogP contribution in [0.25, 0.3) is 11.0 Å². The maximum atomic E-state index is 13.4. The number of hydrogen-bond acceptors (Lipinski definition) is 2. The van der Waals surface area contributed by atoms with Crippen molar-refractivity contribution in [3.05, 3.63) is 29.8 Å². The van der Waals surface area contributed by atoms with E-state index in [0.29, 0.717) is 5.52 Å². The van der Waals surface area contributed by atoms with Crippen LogP contribution in [0.4, 0.5) is 4.39 Å². The quantitative estimate of drug-likeness (QED) is 0.679. The first-order valence-electron chi connectivity index (χ1n) is 4.70. The number of rotatable bonds is 0. The van der Waals surface area contributed by atoms with Gasteiger partial charge in [-0.05, 0) is 12.1 Å². The average Bonchev–Trinajstić information content (AvgIpc) is 2.59. The van der Waals surface area contributed by atoms with Crippen molar-refractivity contribution in [1.29, 1.82) is 0 Å². The molecule has 0 aliphatic carbocycles. The molecule has 0 atom stereocenters. The zero-order chi connectivity index (χ0) is 9.54. The van der Waals surface area contributed by atoms with Crippen LogP contribution < -0.4 is 5.32 Å². The maximum Gasteiger partial charge on any atom is 0.151 e. The molecular weight excluding hydrogens is 181 g/mol. The second-order valence-electron chi connectivity index (χ2n) is 3.46. The summed E-state index contributed by atoms with van der Waals surface area (Å²) in [5, 5.41) is 3.22. The van der Waals surface area contributed by atoms with Crippen molar-refractivity contribution in [2.24, 2.45) is 0 Å². The third kappa shape index (κ3) is 0.974. The number of imidazole rings is 1. The Morgan fingerprint density at radius 3 is 3.29 bits per heavy atom. The fourth-order valence-electron chi connectivity index (χ4n) is 1.94. The normalized spacial score (nSPS) is 15.8. The smallest absolute Gasteiger partial charge is 0.151 e. The number of halogens is 1. The van der Waals surface area contributed by atoms with Crippen LogP contribution in [0.2, 0.25) is 0 Å². The van der Waals surface area contributed by atoms with E-state index in [4.69, 9.17) is 0 Å². The molecule has 0 bridgehead atoms. The predicted molar refractivity (Wildman–Crippen MR) is 51.4 cm³/mol. The molecule has 0 spiro atoms. The number of benzene rings is 1. The lowest BCUT2D eigenvalue weighted by Gasteiger charge is -2.15. The summed E-state index contributed by atoms with van der Waals surface area (Å²) in [7, 11) is 0. The highest BCUT2D eigenvalue weighted by Crippen LogP contribution is 2.20. The number of para-hydroxylation sites is 1. The molecule has 1 aliphatic rings. The lowest BCUT2D eigenvalue weighted by molar-refractivity contribution is 0.514. The first-order valence-corrected chi connectivity index (χ1v) is 4.70. The summed E-state index contributed by atoms with van der Waals surface area (Å²) in [6.45, 7) is 2.53. The van der Waals surface area contributed by atoms with E-state index in [2.05, 4.69) is 14.9 Å². The molecule has 0 unspecified atom stereocenters. The fourth-order valence-corrected chi connectivity index (χ4v) is 1.94. The molecule has 1 aliphatic heterocycles. The Labute approximate surface area is 80.6 Å². The van der Waals surface area contributed by atoms with Gasteiger partial charge in [0.2, 0.25) is 0 Å². The fraction of sp³-hybridized carbons (Fsp3) is 0.300. The van der Waals surface area contributed by atoms with Gasteiger partial charge < -0.3 is 9.88 Å². The highest BCUT2D eigenvalue weighted by Gasteiger charge is 2.15. The van der Waals surface area contributed by atoms with Crippen molar-refractivity contribution in [2.75, 3.05) is 6.54 Å². The van der Waals surface area contributed by atoms with Gasteiger partial charge in [-0.25, -0.2) is 9.37 Å². The van der Waals surface area contributed by atoms with Gasteiger partial charge in [-0.1, -0.05) is 6.07 Å². The van der Waals surface area contributed by atoms with Gasteiger partial charge in [0.25, 0.3) is 0 Å². The second kappa shape index (κ2) is 2.78. The van der Waals surface area contributed by atoms with Gasteiger partial charge in [0.15, 0.2) is 5.82 Å². The minimum atomic E-state index is -0.232. The molecule has 3 nitrogen and oxygen atoms in total. The third-order valence-corrected chi connectivity index (χ3v) is 2.60. The zero-order valence-corrected chi connectivity index (χ0v) is 7.63. The molecule has 0 fully saturated rings. The number of nitrogens with one attached hydrogen (secondary N) is 1. The maximum absolute atomic E-state index is 13.4. The first-order chi connectivity index (χ1) is 6.86. The molecule has 1 N–H and O–H groups in total. The molecule has 0 amide bonds. The SMILES string of the molecule is Fc1cccc2c1nc1n2CCNC1. The monoisotopic (exact) mass is 191 g/mol. The van der Waals surface area contributed by atoms with E-state index in [0.717, 1.165) is 31.0 Å². The lowest BCUT2D eigenvalue weighted by Crippen LogP contribution is -2.28. The van der Waals surface area contributed by atoms with E-state index in [1.165, 1.54) is 6.07 Å². The van der Waals surface area contributed by atoms with E-state index in [1.807, 2.05) is 6.07 Å². The van der Waals surface area contributed by atoms with Crippen LogP contribution in [0.3, 0.4) is 0 Å². The molecule has 4 heteroatoms. The first kappa shape index (κ1) is 7.94. The second-order valence-corrected chi connectivity index (χ2v) is 3.46. The average molecular weight is 191 g/mol. The molecule has 2 heterocycles. The van der Waals surface area contributed by atoms with Crippen LogP contribution in [-0.4, -0.2) is 16.1 Å². The molecule has 1 aromatic heterocycles. The van der Waals surface area contributed by atoms with Crippen molar-refractivity contribution in [3.8, 4) is 0 Å². The van der Waals surface area contributed by atoms with Crippen molar-refractivity contribution in [3.63, 3.8) is 0 Å². The Balaban J connectivity index is 2.36. The van der Waals surface area contributed by atoms with Crippen LogP contribution in [0, 0.1) is 5.82 Å². The molecule has 3 rings (SSSR count). The van der Waals surface area contributed by atoms with Crippen LogP contribution in [0.5, 0.6) is 0 Å². The predicted octanol–water partition coefficient (Wildman–Crippen LogP) is 1.28. The van der Waals surface area contributed by atoms with E-state index in [1.54, 1.807) is 6.07 Å². The summed E-state index contributed by atoms with van der Waals surface area (Å²) in [6.07, 6.45) is 0. The van der Waals surface area contributed by atoms with Gasteiger partial charge in [0, 0.05) is 13.1 Å². The van der Waals surface area contributed by atoms with Crippen LogP contribution in [0.15, 0.2) is 18.2 Å². The van der Waals surface area contributed by atoms with E-state index < -0.39 is 0 Å².